The Labute approximate surface area is 133 Å². The summed E-state index contributed by atoms with van der Waals surface area (Å²) in [5.41, 5.74) is -0.0483. The minimum absolute atomic E-state index is 0.165. The molecule has 120 valence electrons. The molecule has 2 atom stereocenters. The standard InChI is InChI=1S/C17H19N3O3/c1-10-8-13(10)15-6-4-12(23-15)9-20(11-2-3-11)17(22)14-5-7-16(21)19-18-14/h4-7,10-11,13H,2-3,8-9H2,1H3,(H,19,21)/t10-,13+/m0/s1. The highest BCUT2D eigenvalue weighted by Crippen LogP contribution is 2.47. The number of aromatic nitrogens is 2. The van der Waals surface area contributed by atoms with Crippen molar-refractivity contribution >= 4 is 5.91 Å². The van der Waals surface area contributed by atoms with E-state index in [-0.39, 0.29) is 23.2 Å². The van der Waals surface area contributed by atoms with Crippen molar-refractivity contribution < 1.29 is 9.21 Å². The Balaban J connectivity index is 1.51. The van der Waals surface area contributed by atoms with Gasteiger partial charge >= 0.3 is 0 Å². The van der Waals surface area contributed by atoms with Gasteiger partial charge in [-0.25, -0.2) is 5.10 Å². The molecule has 2 aromatic rings. The number of carbonyl (C=O) groups is 1. The number of rotatable bonds is 5. The number of nitrogens with one attached hydrogen (secondary N) is 1. The summed E-state index contributed by atoms with van der Waals surface area (Å²) in [6.07, 6.45) is 3.18. The predicted octanol–water partition coefficient (Wildman–Crippen LogP) is 2.29. The van der Waals surface area contributed by atoms with Gasteiger partial charge in [0.1, 0.15) is 17.2 Å². The van der Waals surface area contributed by atoms with Gasteiger partial charge in [-0.1, -0.05) is 6.92 Å². The summed E-state index contributed by atoms with van der Waals surface area (Å²) in [7, 11) is 0. The summed E-state index contributed by atoms with van der Waals surface area (Å²) >= 11 is 0. The van der Waals surface area contributed by atoms with Crippen molar-refractivity contribution in [2.75, 3.05) is 0 Å². The average Bonchev–Trinajstić information content (AvgIpc) is 3.46. The predicted molar refractivity (Wildman–Crippen MR) is 83.0 cm³/mol. The molecule has 0 unspecified atom stereocenters. The largest absolute Gasteiger partial charge is 0.464 e. The van der Waals surface area contributed by atoms with Crippen LogP contribution in [0, 0.1) is 5.92 Å². The van der Waals surface area contributed by atoms with Gasteiger partial charge in [0.2, 0.25) is 0 Å². The molecule has 0 aliphatic heterocycles. The number of carbonyl (C=O) groups excluding carboxylic acids is 1. The lowest BCUT2D eigenvalue weighted by atomic mass is 10.2. The van der Waals surface area contributed by atoms with E-state index >= 15 is 0 Å². The van der Waals surface area contributed by atoms with Gasteiger partial charge in [-0.15, -0.1) is 0 Å². The van der Waals surface area contributed by atoms with Crippen molar-refractivity contribution in [3.05, 3.63) is 51.8 Å². The first kappa shape index (κ1) is 14.2. The Morgan fingerprint density at radius 1 is 1.35 bits per heavy atom. The highest BCUT2D eigenvalue weighted by molar-refractivity contribution is 5.92. The Kier molecular flexibility index (Phi) is 3.32. The van der Waals surface area contributed by atoms with E-state index < -0.39 is 0 Å². The molecule has 2 aromatic heterocycles. The normalized spacial score (nSPS) is 22.8. The lowest BCUT2D eigenvalue weighted by Gasteiger charge is -2.20. The summed E-state index contributed by atoms with van der Waals surface area (Å²) in [4.78, 5) is 25.5. The van der Waals surface area contributed by atoms with Crippen molar-refractivity contribution in [3.63, 3.8) is 0 Å². The molecule has 0 bridgehead atoms. The second kappa shape index (κ2) is 5.37. The highest BCUT2D eigenvalue weighted by Gasteiger charge is 2.38. The molecule has 0 spiro atoms. The van der Waals surface area contributed by atoms with Crippen LogP contribution < -0.4 is 5.56 Å². The number of nitrogens with zero attached hydrogens (tertiary/aromatic N) is 2. The Hall–Kier alpha value is -2.37. The molecule has 0 saturated heterocycles. The molecule has 23 heavy (non-hydrogen) atoms. The summed E-state index contributed by atoms with van der Waals surface area (Å²) in [6.45, 7) is 2.67. The number of furan rings is 1. The number of hydrogen-bond donors (Lipinski definition) is 1. The van der Waals surface area contributed by atoms with Crippen LogP contribution in [-0.4, -0.2) is 27.0 Å². The average molecular weight is 313 g/mol. The van der Waals surface area contributed by atoms with Crippen LogP contribution in [0.1, 0.15) is 54.1 Å². The van der Waals surface area contributed by atoms with E-state index in [1.807, 2.05) is 12.1 Å². The van der Waals surface area contributed by atoms with E-state index in [1.165, 1.54) is 18.6 Å². The maximum Gasteiger partial charge on any atom is 0.274 e. The van der Waals surface area contributed by atoms with Crippen molar-refractivity contribution in [1.82, 2.24) is 15.1 Å². The molecule has 4 rings (SSSR count). The molecule has 6 heteroatoms. The minimum Gasteiger partial charge on any atom is -0.464 e. The van der Waals surface area contributed by atoms with E-state index in [9.17, 15) is 9.59 Å². The third-order valence-corrected chi connectivity index (χ3v) is 4.63. The zero-order valence-electron chi connectivity index (χ0n) is 13.0. The molecule has 2 aliphatic carbocycles. The van der Waals surface area contributed by atoms with E-state index in [0.717, 1.165) is 24.4 Å². The molecule has 2 saturated carbocycles. The van der Waals surface area contributed by atoms with Crippen LogP contribution in [0.2, 0.25) is 0 Å². The van der Waals surface area contributed by atoms with Gasteiger partial charge in [0.25, 0.3) is 11.5 Å². The zero-order chi connectivity index (χ0) is 16.0. The summed E-state index contributed by atoms with van der Waals surface area (Å²) in [5.74, 6) is 2.90. The molecular formula is C17H19N3O3. The molecule has 2 aliphatic rings. The van der Waals surface area contributed by atoms with Crippen LogP contribution >= 0.6 is 0 Å². The second-order valence-electron chi connectivity index (χ2n) is 6.59. The Bertz CT molecular complexity index is 770. The van der Waals surface area contributed by atoms with Crippen LogP contribution in [0.5, 0.6) is 0 Å². The SMILES string of the molecule is C[C@H]1C[C@H]1c1ccc(CN(C(=O)c2ccc(=O)[nH]n2)C2CC2)o1. The first-order valence-electron chi connectivity index (χ1n) is 8.07. The molecule has 1 N–H and O–H groups in total. The summed E-state index contributed by atoms with van der Waals surface area (Å²) in [5, 5.41) is 6.16. The van der Waals surface area contributed by atoms with Crippen molar-refractivity contribution in [2.24, 2.45) is 5.92 Å². The minimum atomic E-state index is -0.311. The van der Waals surface area contributed by atoms with E-state index in [1.54, 1.807) is 4.90 Å². The third kappa shape index (κ3) is 2.93. The van der Waals surface area contributed by atoms with Crippen molar-refractivity contribution in [1.29, 1.82) is 0 Å². The summed E-state index contributed by atoms with van der Waals surface area (Å²) in [6, 6.07) is 7.02. The van der Waals surface area contributed by atoms with Gasteiger partial charge in [-0.3, -0.25) is 9.59 Å². The maximum absolute atomic E-state index is 12.6. The molecule has 0 radical (unpaired) electrons. The fraction of sp³-hybridized carbons (Fsp3) is 0.471. The van der Waals surface area contributed by atoms with Gasteiger partial charge in [0.15, 0.2) is 0 Å². The molecule has 6 nitrogen and oxygen atoms in total. The van der Waals surface area contributed by atoms with Gasteiger partial charge in [0.05, 0.1) is 6.54 Å². The molecular weight excluding hydrogens is 294 g/mol. The summed E-state index contributed by atoms with van der Waals surface area (Å²) < 4.78 is 5.92. The Morgan fingerprint density at radius 2 is 2.13 bits per heavy atom. The topological polar surface area (TPSA) is 79.2 Å². The van der Waals surface area contributed by atoms with E-state index in [4.69, 9.17) is 4.42 Å². The van der Waals surface area contributed by atoms with Crippen LogP contribution in [0.3, 0.4) is 0 Å². The van der Waals surface area contributed by atoms with Gasteiger partial charge < -0.3 is 9.32 Å². The fourth-order valence-electron chi connectivity index (χ4n) is 2.93. The highest BCUT2D eigenvalue weighted by atomic mass is 16.3. The fourth-order valence-corrected chi connectivity index (χ4v) is 2.93. The quantitative estimate of drug-likeness (QED) is 0.918. The molecule has 2 fully saturated rings. The van der Waals surface area contributed by atoms with Crippen LogP contribution in [0.15, 0.2) is 33.5 Å². The maximum atomic E-state index is 12.6. The lowest BCUT2D eigenvalue weighted by molar-refractivity contribution is 0.0709. The second-order valence-corrected chi connectivity index (χ2v) is 6.59. The number of hydrogen-bond acceptors (Lipinski definition) is 4. The van der Waals surface area contributed by atoms with Crippen LogP contribution in [-0.2, 0) is 6.54 Å². The van der Waals surface area contributed by atoms with Gasteiger partial charge in [-0.2, -0.15) is 5.10 Å². The molecule has 1 amide bonds. The van der Waals surface area contributed by atoms with Gasteiger partial charge in [0, 0.05) is 18.0 Å². The van der Waals surface area contributed by atoms with Crippen molar-refractivity contribution in [3.8, 4) is 0 Å². The molecule has 2 heterocycles. The van der Waals surface area contributed by atoms with E-state index in [0.29, 0.717) is 18.4 Å². The van der Waals surface area contributed by atoms with Gasteiger partial charge in [-0.05, 0) is 43.4 Å². The lowest BCUT2D eigenvalue weighted by Crippen LogP contribution is -2.33. The third-order valence-electron chi connectivity index (χ3n) is 4.63. The first-order valence-corrected chi connectivity index (χ1v) is 8.07. The zero-order valence-corrected chi connectivity index (χ0v) is 13.0. The number of amides is 1. The first-order chi connectivity index (χ1) is 11.1. The number of aromatic amines is 1. The van der Waals surface area contributed by atoms with Crippen LogP contribution in [0.25, 0.3) is 0 Å². The molecule has 0 aromatic carbocycles. The smallest absolute Gasteiger partial charge is 0.274 e. The monoisotopic (exact) mass is 313 g/mol. The number of H-pyrrole nitrogens is 1. The van der Waals surface area contributed by atoms with Crippen LogP contribution in [0.4, 0.5) is 0 Å². The van der Waals surface area contributed by atoms with Crippen molar-refractivity contribution in [2.45, 2.75) is 44.7 Å². The Morgan fingerprint density at radius 3 is 2.74 bits per heavy atom. The van der Waals surface area contributed by atoms with E-state index in [2.05, 4.69) is 17.1 Å².